The van der Waals surface area contributed by atoms with Crippen LogP contribution >= 0.6 is 0 Å². The van der Waals surface area contributed by atoms with Crippen molar-refractivity contribution in [1.29, 1.82) is 0 Å². The van der Waals surface area contributed by atoms with E-state index in [9.17, 15) is 10.1 Å². The van der Waals surface area contributed by atoms with Crippen LogP contribution in [0.25, 0.3) is 5.76 Å². The lowest BCUT2D eigenvalue weighted by molar-refractivity contribution is -0.384. The Morgan fingerprint density at radius 1 is 1.19 bits per heavy atom. The summed E-state index contributed by atoms with van der Waals surface area (Å²) in [4.78, 5) is 10.4. The molecule has 0 atom stereocenters. The van der Waals surface area contributed by atoms with Crippen LogP contribution in [0.5, 0.6) is 11.5 Å². The Bertz CT molecular complexity index is 720. The molecule has 0 radical (unpaired) electrons. The zero-order valence-electron chi connectivity index (χ0n) is 11.4. The summed E-state index contributed by atoms with van der Waals surface area (Å²) in [5, 5.41) is 10.8. The SMILES string of the molecule is COc1ccc(C2=CCc3cc([N+](=O)[O-])ccc3O2)cc1. The van der Waals surface area contributed by atoms with Gasteiger partial charge in [0.05, 0.1) is 12.0 Å². The molecule has 2 aromatic carbocycles. The Labute approximate surface area is 121 Å². The summed E-state index contributed by atoms with van der Waals surface area (Å²) >= 11 is 0. The van der Waals surface area contributed by atoms with Crippen molar-refractivity contribution < 1.29 is 14.4 Å². The Hall–Kier alpha value is -2.82. The average Bonchev–Trinajstić information content (AvgIpc) is 2.54. The van der Waals surface area contributed by atoms with Crippen molar-refractivity contribution in [2.45, 2.75) is 6.42 Å². The molecule has 106 valence electrons. The topological polar surface area (TPSA) is 61.6 Å². The molecule has 0 spiro atoms. The minimum absolute atomic E-state index is 0.0821. The molecule has 2 aromatic rings. The molecule has 0 aromatic heterocycles. The van der Waals surface area contributed by atoms with Gasteiger partial charge in [-0.05, 0) is 42.8 Å². The Balaban J connectivity index is 1.86. The summed E-state index contributed by atoms with van der Waals surface area (Å²) in [6.07, 6.45) is 2.53. The molecule has 0 bridgehead atoms. The second kappa shape index (κ2) is 5.28. The van der Waals surface area contributed by atoms with E-state index in [1.54, 1.807) is 19.2 Å². The minimum Gasteiger partial charge on any atom is -0.497 e. The predicted molar refractivity (Wildman–Crippen MR) is 78.4 cm³/mol. The first-order valence-corrected chi connectivity index (χ1v) is 6.47. The molecule has 0 N–H and O–H groups in total. The van der Waals surface area contributed by atoms with Gasteiger partial charge in [-0.2, -0.15) is 0 Å². The number of rotatable bonds is 3. The Morgan fingerprint density at radius 2 is 1.95 bits per heavy atom. The molecule has 21 heavy (non-hydrogen) atoms. The summed E-state index contributed by atoms with van der Waals surface area (Å²) in [5.41, 5.74) is 1.85. The number of fused-ring (bicyclic) bond motifs is 1. The normalized spacial score (nSPS) is 12.9. The zero-order chi connectivity index (χ0) is 14.8. The van der Waals surface area contributed by atoms with Gasteiger partial charge in [0.25, 0.3) is 5.69 Å². The van der Waals surface area contributed by atoms with Gasteiger partial charge in [0, 0.05) is 23.3 Å². The van der Waals surface area contributed by atoms with Crippen LogP contribution < -0.4 is 9.47 Å². The van der Waals surface area contributed by atoms with Crippen LogP contribution in [0.4, 0.5) is 5.69 Å². The maximum atomic E-state index is 10.8. The predicted octanol–water partition coefficient (Wildman–Crippen LogP) is 3.58. The lowest BCUT2D eigenvalue weighted by atomic mass is 10.0. The molecule has 0 amide bonds. The molecule has 0 fully saturated rings. The third kappa shape index (κ3) is 2.58. The van der Waals surface area contributed by atoms with Crippen LogP contribution in [-0.4, -0.2) is 12.0 Å². The van der Waals surface area contributed by atoms with Crippen LogP contribution in [0.1, 0.15) is 11.1 Å². The van der Waals surface area contributed by atoms with E-state index in [1.165, 1.54) is 6.07 Å². The monoisotopic (exact) mass is 283 g/mol. The fourth-order valence-electron chi connectivity index (χ4n) is 2.23. The highest BCUT2D eigenvalue weighted by Crippen LogP contribution is 2.33. The molecular formula is C16H13NO4. The van der Waals surface area contributed by atoms with Crippen LogP contribution in [0.3, 0.4) is 0 Å². The fraction of sp³-hybridized carbons (Fsp3) is 0.125. The molecule has 1 aliphatic heterocycles. The molecule has 1 heterocycles. The molecule has 1 aliphatic rings. The van der Waals surface area contributed by atoms with Crippen molar-refractivity contribution in [1.82, 2.24) is 0 Å². The molecule has 5 heteroatoms. The van der Waals surface area contributed by atoms with E-state index in [0.717, 1.165) is 22.6 Å². The number of nitro groups is 1. The van der Waals surface area contributed by atoms with E-state index in [1.807, 2.05) is 30.3 Å². The highest BCUT2D eigenvalue weighted by Gasteiger charge is 2.17. The second-order valence-corrected chi connectivity index (χ2v) is 4.65. The van der Waals surface area contributed by atoms with Crippen molar-refractivity contribution in [3.05, 3.63) is 69.8 Å². The summed E-state index contributed by atoms with van der Waals surface area (Å²) in [5.74, 6) is 2.19. The number of nitrogens with zero attached hydrogens (tertiary/aromatic N) is 1. The van der Waals surface area contributed by atoms with Crippen molar-refractivity contribution >= 4 is 11.4 Å². The molecule has 0 unspecified atom stereocenters. The smallest absolute Gasteiger partial charge is 0.269 e. The van der Waals surface area contributed by atoms with Crippen molar-refractivity contribution in [3.8, 4) is 11.5 Å². The number of allylic oxidation sites excluding steroid dienone is 1. The number of methoxy groups -OCH3 is 1. The molecule has 0 saturated heterocycles. The lowest BCUT2D eigenvalue weighted by Gasteiger charge is -2.18. The molecule has 0 aliphatic carbocycles. The van der Waals surface area contributed by atoms with E-state index in [-0.39, 0.29) is 5.69 Å². The van der Waals surface area contributed by atoms with Gasteiger partial charge in [-0.25, -0.2) is 0 Å². The average molecular weight is 283 g/mol. The van der Waals surface area contributed by atoms with Gasteiger partial charge in [0.15, 0.2) is 0 Å². The number of nitro benzene ring substituents is 1. The van der Waals surface area contributed by atoms with Crippen LogP contribution in [-0.2, 0) is 6.42 Å². The first-order chi connectivity index (χ1) is 10.2. The van der Waals surface area contributed by atoms with Gasteiger partial charge in [0.2, 0.25) is 0 Å². The van der Waals surface area contributed by atoms with Gasteiger partial charge in [-0.3, -0.25) is 10.1 Å². The van der Waals surface area contributed by atoms with E-state index >= 15 is 0 Å². The van der Waals surface area contributed by atoms with Gasteiger partial charge in [-0.1, -0.05) is 0 Å². The molecule has 5 nitrogen and oxygen atoms in total. The second-order valence-electron chi connectivity index (χ2n) is 4.65. The summed E-state index contributed by atoms with van der Waals surface area (Å²) in [6.45, 7) is 0. The largest absolute Gasteiger partial charge is 0.497 e. The number of non-ortho nitro benzene ring substituents is 1. The Kier molecular flexibility index (Phi) is 3.31. The van der Waals surface area contributed by atoms with Gasteiger partial charge in [0.1, 0.15) is 17.3 Å². The van der Waals surface area contributed by atoms with Crippen molar-refractivity contribution in [2.75, 3.05) is 7.11 Å². The van der Waals surface area contributed by atoms with E-state index in [0.29, 0.717) is 12.2 Å². The first-order valence-electron chi connectivity index (χ1n) is 6.47. The van der Waals surface area contributed by atoms with Crippen molar-refractivity contribution in [2.24, 2.45) is 0 Å². The zero-order valence-corrected chi connectivity index (χ0v) is 11.4. The minimum atomic E-state index is -0.400. The van der Waals surface area contributed by atoms with E-state index in [4.69, 9.17) is 9.47 Å². The highest BCUT2D eigenvalue weighted by molar-refractivity contribution is 5.66. The number of benzene rings is 2. The van der Waals surface area contributed by atoms with Crippen LogP contribution in [0.15, 0.2) is 48.5 Å². The lowest BCUT2D eigenvalue weighted by Crippen LogP contribution is -2.04. The third-order valence-corrected chi connectivity index (χ3v) is 3.36. The van der Waals surface area contributed by atoms with Crippen LogP contribution in [0, 0.1) is 10.1 Å². The fourth-order valence-corrected chi connectivity index (χ4v) is 2.23. The summed E-state index contributed by atoms with van der Waals surface area (Å²) < 4.78 is 10.9. The number of hydrogen-bond donors (Lipinski definition) is 0. The quantitative estimate of drug-likeness (QED) is 0.638. The summed E-state index contributed by atoms with van der Waals surface area (Å²) in [7, 11) is 1.62. The molecule has 0 saturated carbocycles. The van der Waals surface area contributed by atoms with Gasteiger partial charge in [-0.15, -0.1) is 0 Å². The van der Waals surface area contributed by atoms with Crippen LogP contribution in [0.2, 0.25) is 0 Å². The highest BCUT2D eigenvalue weighted by atomic mass is 16.6. The van der Waals surface area contributed by atoms with Gasteiger partial charge >= 0.3 is 0 Å². The molecule has 3 rings (SSSR count). The third-order valence-electron chi connectivity index (χ3n) is 3.36. The first kappa shape index (κ1) is 13.2. The molecular weight excluding hydrogens is 270 g/mol. The van der Waals surface area contributed by atoms with E-state index < -0.39 is 4.92 Å². The van der Waals surface area contributed by atoms with Crippen molar-refractivity contribution in [3.63, 3.8) is 0 Å². The maximum absolute atomic E-state index is 10.8. The standard InChI is InChI=1S/C16H13NO4/c1-20-14-6-2-11(3-7-14)15-8-4-12-10-13(17(18)19)5-9-16(12)21-15/h2-3,5-10H,4H2,1H3. The van der Waals surface area contributed by atoms with Gasteiger partial charge < -0.3 is 9.47 Å². The van der Waals surface area contributed by atoms with E-state index in [2.05, 4.69) is 0 Å². The maximum Gasteiger partial charge on any atom is 0.269 e. The Morgan fingerprint density at radius 3 is 2.62 bits per heavy atom. The number of ether oxygens (including phenoxy) is 2. The number of hydrogen-bond acceptors (Lipinski definition) is 4. The summed E-state index contributed by atoms with van der Waals surface area (Å²) in [6, 6.07) is 12.2.